The van der Waals surface area contributed by atoms with Crippen molar-refractivity contribution in [1.29, 1.82) is 0 Å². The molecule has 5 rings (SSSR count). The molecule has 2 aromatic carbocycles. The molecule has 0 atom stereocenters. The molecular weight excluding hydrogens is 468 g/mol. The standard InChI is InChI=1S/C33H36N4O/c1-24-8-10-28(21-27(24)12-13-31-22-34-33-7-5-6-16-37(31)33)32(38)20-26-9-11-29(25(2)19-26)23-36-17-14-30(15-18-36)35(3)4/h5-11,16,19,21-22,30H,14-15,17-18,20,23H2,1-4H3. The van der Waals surface area contributed by atoms with Gasteiger partial charge in [-0.25, -0.2) is 4.98 Å². The van der Waals surface area contributed by atoms with Gasteiger partial charge in [0, 0.05) is 36.3 Å². The lowest BCUT2D eigenvalue weighted by Crippen LogP contribution is -2.41. The van der Waals surface area contributed by atoms with E-state index in [4.69, 9.17) is 0 Å². The van der Waals surface area contributed by atoms with Crippen LogP contribution in [0.3, 0.4) is 0 Å². The number of nitrogens with zero attached hydrogens (tertiary/aromatic N) is 4. The third-order valence-corrected chi connectivity index (χ3v) is 7.75. The molecule has 0 aliphatic carbocycles. The number of carbonyl (C=O) groups excluding carboxylic acids is 1. The van der Waals surface area contributed by atoms with Gasteiger partial charge in [-0.05, 0) is 100 Å². The number of piperidine rings is 1. The number of fused-ring (bicyclic) bond motifs is 1. The van der Waals surface area contributed by atoms with E-state index in [9.17, 15) is 4.79 Å². The van der Waals surface area contributed by atoms with Crippen LogP contribution < -0.4 is 0 Å². The molecule has 1 aliphatic heterocycles. The fourth-order valence-corrected chi connectivity index (χ4v) is 5.25. The number of ketones is 1. The lowest BCUT2D eigenvalue weighted by atomic mass is 9.96. The first kappa shape index (κ1) is 25.9. The highest BCUT2D eigenvalue weighted by Crippen LogP contribution is 2.20. The summed E-state index contributed by atoms with van der Waals surface area (Å²) in [7, 11) is 4.36. The minimum Gasteiger partial charge on any atom is -0.306 e. The predicted molar refractivity (Wildman–Crippen MR) is 154 cm³/mol. The van der Waals surface area contributed by atoms with Crippen LogP contribution in [0.5, 0.6) is 0 Å². The Morgan fingerprint density at radius 2 is 1.82 bits per heavy atom. The number of rotatable bonds is 6. The molecule has 0 N–H and O–H groups in total. The van der Waals surface area contributed by atoms with Gasteiger partial charge >= 0.3 is 0 Å². The van der Waals surface area contributed by atoms with Crippen LogP contribution in [0.25, 0.3) is 5.65 Å². The second-order valence-corrected chi connectivity index (χ2v) is 10.7. The average Bonchev–Trinajstić information content (AvgIpc) is 3.33. The second kappa shape index (κ2) is 11.3. The Balaban J connectivity index is 1.25. The molecule has 1 saturated heterocycles. The smallest absolute Gasteiger partial charge is 0.167 e. The van der Waals surface area contributed by atoms with Gasteiger partial charge in [-0.15, -0.1) is 0 Å². The SMILES string of the molecule is Cc1ccc(C(=O)Cc2ccc(CN3CCC(N(C)C)CC3)c(C)c2)cc1C#Cc1cnc2ccccn12. The summed E-state index contributed by atoms with van der Waals surface area (Å²) in [4.78, 5) is 22.5. The summed E-state index contributed by atoms with van der Waals surface area (Å²) < 4.78 is 1.97. The molecule has 0 amide bonds. The molecule has 3 heterocycles. The van der Waals surface area contributed by atoms with E-state index >= 15 is 0 Å². The number of hydrogen-bond acceptors (Lipinski definition) is 4. The maximum absolute atomic E-state index is 13.2. The normalized spacial score (nSPS) is 14.6. The van der Waals surface area contributed by atoms with Crippen molar-refractivity contribution < 1.29 is 4.79 Å². The van der Waals surface area contributed by atoms with Crippen molar-refractivity contribution >= 4 is 11.4 Å². The van der Waals surface area contributed by atoms with Crippen LogP contribution in [0.15, 0.2) is 67.0 Å². The highest BCUT2D eigenvalue weighted by molar-refractivity contribution is 5.98. The average molecular weight is 505 g/mol. The van der Waals surface area contributed by atoms with E-state index in [-0.39, 0.29) is 5.78 Å². The largest absolute Gasteiger partial charge is 0.306 e. The molecule has 0 radical (unpaired) electrons. The van der Waals surface area contributed by atoms with Crippen LogP contribution in [0.2, 0.25) is 0 Å². The van der Waals surface area contributed by atoms with Gasteiger partial charge in [-0.1, -0.05) is 42.3 Å². The zero-order valence-electron chi connectivity index (χ0n) is 22.9. The first-order valence-corrected chi connectivity index (χ1v) is 13.4. The van der Waals surface area contributed by atoms with Gasteiger partial charge in [0.1, 0.15) is 11.3 Å². The Morgan fingerprint density at radius 1 is 1.00 bits per heavy atom. The van der Waals surface area contributed by atoms with Crippen molar-refractivity contribution in [2.75, 3.05) is 27.2 Å². The lowest BCUT2D eigenvalue weighted by molar-refractivity contribution is 0.0993. The van der Waals surface area contributed by atoms with Gasteiger partial charge in [-0.2, -0.15) is 0 Å². The molecule has 0 spiro atoms. The monoisotopic (exact) mass is 504 g/mol. The first-order valence-electron chi connectivity index (χ1n) is 13.4. The summed E-state index contributed by atoms with van der Waals surface area (Å²) in [5.74, 6) is 6.60. The third kappa shape index (κ3) is 5.88. The Labute approximate surface area is 226 Å². The number of carbonyl (C=O) groups is 1. The Kier molecular flexibility index (Phi) is 7.74. The van der Waals surface area contributed by atoms with Crippen molar-refractivity contribution in [3.63, 3.8) is 0 Å². The van der Waals surface area contributed by atoms with Gasteiger partial charge in [0.2, 0.25) is 0 Å². The molecule has 5 heteroatoms. The zero-order chi connectivity index (χ0) is 26.6. The third-order valence-electron chi connectivity index (χ3n) is 7.75. The molecule has 0 saturated carbocycles. The highest BCUT2D eigenvalue weighted by Gasteiger charge is 2.21. The maximum Gasteiger partial charge on any atom is 0.167 e. The van der Waals surface area contributed by atoms with Gasteiger partial charge in [0.25, 0.3) is 0 Å². The number of Topliss-reactive ketones (excluding diaryl/α,β-unsaturated/α-hetero) is 1. The minimum absolute atomic E-state index is 0.112. The maximum atomic E-state index is 13.2. The number of likely N-dealkylation sites (tertiary alicyclic amines) is 1. The number of pyridine rings is 1. The van der Waals surface area contributed by atoms with E-state index < -0.39 is 0 Å². The van der Waals surface area contributed by atoms with Gasteiger partial charge in [0.15, 0.2) is 5.78 Å². The molecule has 0 unspecified atom stereocenters. The number of aryl methyl sites for hydroxylation is 2. The summed E-state index contributed by atoms with van der Waals surface area (Å²) in [5, 5.41) is 0. The molecule has 5 nitrogen and oxygen atoms in total. The number of hydrogen-bond donors (Lipinski definition) is 0. The Hall–Kier alpha value is -3.72. The van der Waals surface area contributed by atoms with E-state index in [0.717, 1.165) is 47.7 Å². The van der Waals surface area contributed by atoms with Gasteiger partial charge < -0.3 is 4.90 Å². The van der Waals surface area contributed by atoms with Crippen molar-refractivity contribution in [2.45, 2.75) is 45.7 Å². The highest BCUT2D eigenvalue weighted by atomic mass is 16.1. The Bertz CT molecular complexity index is 1510. The molecule has 0 bridgehead atoms. The van der Waals surface area contributed by atoms with Gasteiger partial charge in [-0.3, -0.25) is 14.1 Å². The summed E-state index contributed by atoms with van der Waals surface area (Å²) in [5.41, 5.74) is 7.98. The van der Waals surface area contributed by atoms with Crippen LogP contribution in [0.1, 0.15) is 56.7 Å². The molecule has 4 aromatic rings. The minimum atomic E-state index is 0.112. The van der Waals surface area contributed by atoms with E-state index in [1.54, 1.807) is 6.20 Å². The van der Waals surface area contributed by atoms with Crippen LogP contribution in [0, 0.1) is 25.7 Å². The van der Waals surface area contributed by atoms with Crippen LogP contribution in [0.4, 0.5) is 0 Å². The zero-order valence-corrected chi connectivity index (χ0v) is 22.9. The Morgan fingerprint density at radius 3 is 2.58 bits per heavy atom. The summed E-state index contributed by atoms with van der Waals surface area (Å²) >= 11 is 0. The number of imidazole rings is 1. The van der Waals surface area contributed by atoms with Crippen LogP contribution in [-0.4, -0.2) is 58.2 Å². The van der Waals surface area contributed by atoms with Gasteiger partial charge in [0.05, 0.1) is 6.20 Å². The predicted octanol–water partition coefficient (Wildman–Crippen LogP) is 5.30. The van der Waals surface area contributed by atoms with Crippen molar-refractivity contribution in [3.05, 3.63) is 106 Å². The van der Waals surface area contributed by atoms with Crippen LogP contribution >= 0.6 is 0 Å². The fourth-order valence-electron chi connectivity index (χ4n) is 5.25. The van der Waals surface area contributed by atoms with E-state index in [2.05, 4.69) is 65.8 Å². The quantitative estimate of drug-likeness (QED) is 0.264. The molecular formula is C33H36N4O. The van der Waals surface area contributed by atoms with E-state index in [1.807, 2.05) is 53.9 Å². The van der Waals surface area contributed by atoms with Crippen molar-refractivity contribution in [1.82, 2.24) is 19.2 Å². The van der Waals surface area contributed by atoms with Crippen molar-refractivity contribution in [3.8, 4) is 11.8 Å². The van der Waals surface area contributed by atoms with E-state index in [1.165, 1.54) is 24.0 Å². The lowest BCUT2D eigenvalue weighted by Gasteiger charge is -2.35. The van der Waals surface area contributed by atoms with Crippen LogP contribution in [-0.2, 0) is 13.0 Å². The molecule has 2 aromatic heterocycles. The summed E-state index contributed by atoms with van der Waals surface area (Å²) in [6.07, 6.45) is 6.57. The summed E-state index contributed by atoms with van der Waals surface area (Å²) in [6, 6.07) is 18.9. The number of benzene rings is 2. The molecule has 1 fully saturated rings. The fraction of sp³-hybridized carbons (Fsp3) is 0.333. The first-order chi connectivity index (χ1) is 18.4. The van der Waals surface area contributed by atoms with E-state index in [0.29, 0.717) is 18.0 Å². The molecule has 1 aliphatic rings. The van der Waals surface area contributed by atoms with Crippen molar-refractivity contribution in [2.24, 2.45) is 0 Å². The second-order valence-electron chi connectivity index (χ2n) is 10.7. The summed E-state index contributed by atoms with van der Waals surface area (Å²) in [6.45, 7) is 7.44. The molecule has 38 heavy (non-hydrogen) atoms. The molecule has 194 valence electrons. The number of aromatic nitrogens is 2. The topological polar surface area (TPSA) is 40.9 Å².